The van der Waals surface area contributed by atoms with Gasteiger partial charge in [-0.3, -0.25) is 4.98 Å². The monoisotopic (exact) mass is 442 g/mol. The lowest BCUT2D eigenvalue weighted by molar-refractivity contribution is 0.624. The molecule has 1 aromatic carbocycles. The Morgan fingerprint density at radius 2 is 2.04 bits per heavy atom. The van der Waals surface area contributed by atoms with Gasteiger partial charge < -0.3 is 10.6 Å². The van der Waals surface area contributed by atoms with Crippen LogP contribution >= 0.6 is 24.0 Å². The number of nitrogens with one attached hydrogen (secondary N) is 2. The van der Waals surface area contributed by atoms with Gasteiger partial charge in [0.05, 0.1) is 12.2 Å². The van der Waals surface area contributed by atoms with Crippen LogP contribution in [0.5, 0.6) is 0 Å². The highest BCUT2D eigenvalue weighted by molar-refractivity contribution is 14.0. The molecular weight excluding hydrogens is 418 g/mol. The molecule has 6 heteroatoms. The summed E-state index contributed by atoms with van der Waals surface area (Å²) >= 11 is 0. The number of nitrogens with zero attached hydrogens (tertiary/aromatic N) is 2. The molecule has 1 heterocycles. The number of halogens is 2. The molecule has 0 unspecified atom stereocenters. The van der Waals surface area contributed by atoms with Crippen LogP contribution in [0, 0.1) is 5.82 Å². The van der Waals surface area contributed by atoms with E-state index >= 15 is 0 Å². The molecule has 130 valence electrons. The van der Waals surface area contributed by atoms with Gasteiger partial charge in [-0.05, 0) is 49.6 Å². The molecular formula is C18H24FIN4. The highest BCUT2D eigenvalue weighted by atomic mass is 127. The van der Waals surface area contributed by atoms with Crippen LogP contribution < -0.4 is 10.6 Å². The van der Waals surface area contributed by atoms with Crippen molar-refractivity contribution in [3.63, 3.8) is 0 Å². The van der Waals surface area contributed by atoms with E-state index in [0.29, 0.717) is 6.54 Å². The lowest BCUT2D eigenvalue weighted by Crippen LogP contribution is -2.37. The van der Waals surface area contributed by atoms with Crippen molar-refractivity contribution in [1.29, 1.82) is 0 Å². The van der Waals surface area contributed by atoms with Crippen LogP contribution in [0.2, 0.25) is 0 Å². The second-order valence-corrected chi connectivity index (χ2v) is 5.18. The smallest absolute Gasteiger partial charge is 0.191 e. The Morgan fingerprint density at radius 1 is 1.17 bits per heavy atom. The zero-order valence-electron chi connectivity index (χ0n) is 13.8. The van der Waals surface area contributed by atoms with Crippen molar-refractivity contribution >= 4 is 29.9 Å². The second kappa shape index (κ2) is 11.8. The van der Waals surface area contributed by atoms with E-state index in [9.17, 15) is 4.39 Å². The number of benzene rings is 1. The molecule has 4 nitrogen and oxygen atoms in total. The van der Waals surface area contributed by atoms with E-state index in [1.165, 1.54) is 6.07 Å². The summed E-state index contributed by atoms with van der Waals surface area (Å²) in [4.78, 5) is 8.77. The third kappa shape index (κ3) is 7.72. The number of hydrogen-bond donors (Lipinski definition) is 2. The number of aliphatic imine (C=N–C) groups is 1. The summed E-state index contributed by atoms with van der Waals surface area (Å²) in [5.41, 5.74) is 1.95. The molecule has 0 bridgehead atoms. The van der Waals surface area contributed by atoms with Crippen molar-refractivity contribution in [2.24, 2.45) is 4.99 Å². The molecule has 0 saturated carbocycles. The summed E-state index contributed by atoms with van der Waals surface area (Å²) in [5, 5.41) is 6.50. The van der Waals surface area contributed by atoms with E-state index in [4.69, 9.17) is 0 Å². The molecule has 2 rings (SSSR count). The maximum absolute atomic E-state index is 13.1. The molecule has 2 aromatic rings. The van der Waals surface area contributed by atoms with Gasteiger partial charge >= 0.3 is 0 Å². The third-order valence-electron chi connectivity index (χ3n) is 3.29. The zero-order valence-corrected chi connectivity index (χ0v) is 16.2. The van der Waals surface area contributed by atoms with E-state index in [1.54, 1.807) is 18.3 Å². The average Bonchev–Trinajstić information content (AvgIpc) is 2.57. The summed E-state index contributed by atoms with van der Waals surface area (Å²) in [6, 6.07) is 12.5. The zero-order chi connectivity index (χ0) is 16.3. The maximum atomic E-state index is 13.1. The van der Waals surface area contributed by atoms with E-state index in [-0.39, 0.29) is 29.8 Å². The highest BCUT2D eigenvalue weighted by Gasteiger charge is 1.99. The minimum atomic E-state index is -0.180. The Labute approximate surface area is 160 Å². The first-order chi connectivity index (χ1) is 11.3. The first-order valence-electron chi connectivity index (χ1n) is 7.94. The molecule has 0 atom stereocenters. The molecule has 1 aromatic heterocycles. The fourth-order valence-corrected chi connectivity index (χ4v) is 2.19. The van der Waals surface area contributed by atoms with Crippen molar-refractivity contribution < 1.29 is 4.39 Å². The summed E-state index contributed by atoms with van der Waals surface area (Å²) < 4.78 is 13.1. The molecule has 0 aliphatic heterocycles. The summed E-state index contributed by atoms with van der Waals surface area (Å²) in [7, 11) is 0. The van der Waals surface area contributed by atoms with Crippen LogP contribution in [0.3, 0.4) is 0 Å². The first-order valence-corrected chi connectivity index (χ1v) is 7.94. The number of rotatable bonds is 7. The van der Waals surface area contributed by atoms with Gasteiger partial charge in [0.15, 0.2) is 5.96 Å². The van der Waals surface area contributed by atoms with Gasteiger partial charge in [-0.15, -0.1) is 24.0 Å². The molecule has 2 N–H and O–H groups in total. The molecule has 24 heavy (non-hydrogen) atoms. The highest BCUT2D eigenvalue weighted by Crippen LogP contribution is 2.05. The van der Waals surface area contributed by atoms with E-state index in [2.05, 4.69) is 20.6 Å². The Morgan fingerprint density at radius 3 is 2.75 bits per heavy atom. The van der Waals surface area contributed by atoms with Crippen molar-refractivity contribution in [2.75, 3.05) is 13.1 Å². The third-order valence-corrected chi connectivity index (χ3v) is 3.29. The van der Waals surface area contributed by atoms with Gasteiger partial charge in [-0.25, -0.2) is 9.38 Å². The molecule has 0 radical (unpaired) electrons. The van der Waals surface area contributed by atoms with Gasteiger partial charge in [-0.1, -0.05) is 18.2 Å². The maximum Gasteiger partial charge on any atom is 0.191 e. The Bertz CT molecular complexity index is 619. The standard InChI is InChI=1S/C18H23FN4.HI/c1-2-20-18(23-14-17-10-3-4-11-21-17)22-12-6-8-15-7-5-9-16(19)13-15;/h3-5,7,9-11,13H,2,6,8,12,14H2,1H3,(H2,20,22,23);1H. The normalized spacial score (nSPS) is 10.8. The predicted octanol–water partition coefficient (Wildman–Crippen LogP) is 3.53. The summed E-state index contributed by atoms with van der Waals surface area (Å²) in [6.45, 7) is 4.16. The molecule has 0 spiro atoms. The predicted molar refractivity (Wildman–Crippen MR) is 107 cm³/mol. The molecule has 0 amide bonds. The summed E-state index contributed by atoms with van der Waals surface area (Å²) in [5.74, 6) is 0.595. The van der Waals surface area contributed by atoms with Crippen LogP contribution in [-0.4, -0.2) is 24.0 Å². The molecule has 0 saturated heterocycles. The second-order valence-electron chi connectivity index (χ2n) is 5.18. The van der Waals surface area contributed by atoms with Crippen molar-refractivity contribution in [3.8, 4) is 0 Å². The van der Waals surface area contributed by atoms with Crippen LogP contribution in [0.15, 0.2) is 53.7 Å². The van der Waals surface area contributed by atoms with Gasteiger partial charge in [0, 0.05) is 19.3 Å². The number of pyridine rings is 1. The van der Waals surface area contributed by atoms with Gasteiger partial charge in [-0.2, -0.15) is 0 Å². The minimum Gasteiger partial charge on any atom is -0.357 e. The number of hydrogen-bond acceptors (Lipinski definition) is 2. The lowest BCUT2D eigenvalue weighted by atomic mass is 10.1. The van der Waals surface area contributed by atoms with Crippen LogP contribution in [0.25, 0.3) is 0 Å². The van der Waals surface area contributed by atoms with E-state index < -0.39 is 0 Å². The number of aromatic nitrogens is 1. The van der Waals surface area contributed by atoms with Crippen molar-refractivity contribution in [3.05, 3.63) is 65.7 Å². The Hall–Kier alpha value is -1.70. The lowest BCUT2D eigenvalue weighted by Gasteiger charge is -2.11. The largest absolute Gasteiger partial charge is 0.357 e. The molecule has 0 aliphatic carbocycles. The molecule has 0 fully saturated rings. The average molecular weight is 442 g/mol. The topological polar surface area (TPSA) is 49.3 Å². The quantitative estimate of drug-likeness (QED) is 0.299. The fourth-order valence-electron chi connectivity index (χ4n) is 2.19. The van der Waals surface area contributed by atoms with Gasteiger partial charge in [0.2, 0.25) is 0 Å². The minimum absolute atomic E-state index is 0. The van der Waals surface area contributed by atoms with E-state index in [1.807, 2.05) is 31.2 Å². The van der Waals surface area contributed by atoms with Crippen LogP contribution in [-0.2, 0) is 13.0 Å². The van der Waals surface area contributed by atoms with Crippen molar-refractivity contribution in [2.45, 2.75) is 26.3 Å². The van der Waals surface area contributed by atoms with Crippen molar-refractivity contribution in [1.82, 2.24) is 15.6 Å². The Balaban J connectivity index is 0.00000288. The number of guanidine groups is 1. The Kier molecular flexibility index (Phi) is 9.98. The SMILES string of the molecule is CCNC(=NCc1ccccn1)NCCCc1cccc(F)c1.I. The van der Waals surface area contributed by atoms with E-state index in [0.717, 1.165) is 43.1 Å². The first kappa shape index (κ1) is 20.3. The summed E-state index contributed by atoms with van der Waals surface area (Å²) in [6.07, 6.45) is 3.52. The fraction of sp³-hybridized carbons (Fsp3) is 0.333. The van der Waals surface area contributed by atoms with Crippen LogP contribution in [0.4, 0.5) is 4.39 Å². The van der Waals surface area contributed by atoms with Gasteiger partial charge in [0.1, 0.15) is 5.82 Å². The van der Waals surface area contributed by atoms with Gasteiger partial charge in [0.25, 0.3) is 0 Å². The molecule has 0 aliphatic rings. The van der Waals surface area contributed by atoms with Crippen LogP contribution in [0.1, 0.15) is 24.6 Å². The number of aryl methyl sites for hydroxylation is 1.